The molecule has 1 N–H and O–H groups in total. The van der Waals surface area contributed by atoms with E-state index in [1.54, 1.807) is 13.3 Å². The molecule has 8 heteroatoms. The van der Waals surface area contributed by atoms with Crippen LogP contribution < -0.4 is 10.1 Å². The van der Waals surface area contributed by atoms with E-state index in [0.29, 0.717) is 12.4 Å². The molecule has 0 atom stereocenters. The highest BCUT2D eigenvalue weighted by molar-refractivity contribution is 14.0. The fraction of sp³-hybridized carbons (Fsp3) is 0.412. The van der Waals surface area contributed by atoms with Crippen LogP contribution in [0.3, 0.4) is 0 Å². The second-order valence-corrected chi connectivity index (χ2v) is 6.37. The van der Waals surface area contributed by atoms with Crippen LogP contribution >= 0.6 is 39.9 Å². The molecular formula is C17H25BrIN5O. The third kappa shape index (κ3) is 6.18. The van der Waals surface area contributed by atoms with Crippen LogP contribution in [0.5, 0.6) is 5.88 Å². The average Bonchev–Trinajstić information content (AvgIpc) is 2.88. The van der Waals surface area contributed by atoms with Crippen molar-refractivity contribution in [3.63, 3.8) is 0 Å². The zero-order valence-electron chi connectivity index (χ0n) is 15.0. The van der Waals surface area contributed by atoms with Gasteiger partial charge in [0.1, 0.15) is 0 Å². The van der Waals surface area contributed by atoms with Crippen molar-refractivity contribution >= 4 is 45.9 Å². The molecular weight excluding hydrogens is 497 g/mol. The van der Waals surface area contributed by atoms with Gasteiger partial charge in [-0.1, -0.05) is 6.07 Å². The summed E-state index contributed by atoms with van der Waals surface area (Å²) in [6.07, 6.45) is 3.77. The lowest BCUT2D eigenvalue weighted by Crippen LogP contribution is -2.38. The van der Waals surface area contributed by atoms with Gasteiger partial charge >= 0.3 is 0 Å². The molecule has 0 aliphatic heterocycles. The standard InChI is InChI=1S/C17H24BrN5O.HI/c1-5-19-17(21-10-13-7-6-8-20-16(13)24-4)23(3)12-15-9-14(18)11-22(15)2;/h6-9,11H,5,10,12H2,1-4H3,(H,19,21);1H. The van der Waals surface area contributed by atoms with E-state index in [1.165, 1.54) is 5.69 Å². The summed E-state index contributed by atoms with van der Waals surface area (Å²) in [5.41, 5.74) is 2.17. The van der Waals surface area contributed by atoms with Crippen molar-refractivity contribution < 1.29 is 4.74 Å². The Bertz CT molecular complexity index is 704. The molecule has 2 aromatic rings. The molecule has 0 radical (unpaired) electrons. The SMILES string of the molecule is CCNC(=NCc1cccnc1OC)N(C)Cc1cc(Br)cn1C.I. The molecule has 138 valence electrons. The van der Waals surface area contributed by atoms with Crippen LogP contribution in [-0.4, -0.2) is 41.1 Å². The fourth-order valence-electron chi connectivity index (χ4n) is 2.40. The van der Waals surface area contributed by atoms with E-state index in [4.69, 9.17) is 9.73 Å². The third-order valence-electron chi connectivity index (χ3n) is 3.61. The minimum absolute atomic E-state index is 0. The largest absolute Gasteiger partial charge is 0.481 e. The maximum atomic E-state index is 5.29. The fourth-order valence-corrected chi connectivity index (χ4v) is 2.97. The maximum Gasteiger partial charge on any atom is 0.218 e. The number of hydrogen-bond donors (Lipinski definition) is 1. The van der Waals surface area contributed by atoms with E-state index in [9.17, 15) is 0 Å². The number of aliphatic imine (C=N–C) groups is 1. The maximum absolute atomic E-state index is 5.29. The van der Waals surface area contributed by atoms with Gasteiger partial charge in [-0.15, -0.1) is 24.0 Å². The molecule has 0 spiro atoms. The number of nitrogens with zero attached hydrogens (tertiary/aromatic N) is 4. The minimum atomic E-state index is 0. The molecule has 0 saturated heterocycles. The van der Waals surface area contributed by atoms with Crippen LogP contribution in [0, 0.1) is 0 Å². The number of pyridine rings is 1. The second kappa shape index (κ2) is 10.6. The van der Waals surface area contributed by atoms with Crippen molar-refractivity contribution in [3.8, 4) is 5.88 Å². The second-order valence-electron chi connectivity index (χ2n) is 5.46. The van der Waals surface area contributed by atoms with Gasteiger partial charge in [-0.3, -0.25) is 0 Å². The average molecular weight is 522 g/mol. The van der Waals surface area contributed by atoms with Crippen LogP contribution in [0.4, 0.5) is 0 Å². The van der Waals surface area contributed by atoms with Gasteiger partial charge in [-0.2, -0.15) is 0 Å². The number of hydrogen-bond acceptors (Lipinski definition) is 3. The van der Waals surface area contributed by atoms with Crippen molar-refractivity contribution in [2.75, 3.05) is 20.7 Å². The van der Waals surface area contributed by atoms with E-state index >= 15 is 0 Å². The van der Waals surface area contributed by atoms with E-state index < -0.39 is 0 Å². The quantitative estimate of drug-likeness (QED) is 0.359. The Morgan fingerprint density at radius 3 is 2.84 bits per heavy atom. The summed E-state index contributed by atoms with van der Waals surface area (Å²) < 4.78 is 8.47. The first-order chi connectivity index (χ1) is 11.5. The first-order valence-corrected chi connectivity index (χ1v) is 8.62. The smallest absolute Gasteiger partial charge is 0.218 e. The molecule has 0 amide bonds. The molecule has 25 heavy (non-hydrogen) atoms. The Kier molecular flexibility index (Phi) is 9.26. The summed E-state index contributed by atoms with van der Waals surface area (Å²) >= 11 is 3.51. The highest BCUT2D eigenvalue weighted by Gasteiger charge is 2.10. The summed E-state index contributed by atoms with van der Waals surface area (Å²) in [5, 5.41) is 3.33. The zero-order valence-corrected chi connectivity index (χ0v) is 18.9. The number of ether oxygens (including phenoxy) is 1. The Morgan fingerprint density at radius 2 is 2.24 bits per heavy atom. The summed E-state index contributed by atoms with van der Waals surface area (Å²) in [6, 6.07) is 5.99. The van der Waals surface area contributed by atoms with Gasteiger partial charge in [0.2, 0.25) is 5.88 Å². The van der Waals surface area contributed by atoms with Crippen LogP contribution in [0.1, 0.15) is 18.2 Å². The Morgan fingerprint density at radius 1 is 1.48 bits per heavy atom. The highest BCUT2D eigenvalue weighted by Crippen LogP contribution is 2.16. The molecule has 2 rings (SSSR count). The molecule has 0 aliphatic rings. The van der Waals surface area contributed by atoms with Gasteiger partial charge in [0, 0.05) is 48.8 Å². The van der Waals surface area contributed by atoms with Gasteiger partial charge in [-0.25, -0.2) is 9.98 Å². The van der Waals surface area contributed by atoms with Gasteiger partial charge < -0.3 is 19.5 Å². The van der Waals surface area contributed by atoms with Gasteiger partial charge in [0.25, 0.3) is 0 Å². The van der Waals surface area contributed by atoms with Crippen molar-refractivity contribution in [1.29, 1.82) is 0 Å². The predicted molar refractivity (Wildman–Crippen MR) is 116 cm³/mol. The summed E-state index contributed by atoms with van der Waals surface area (Å²) in [4.78, 5) is 11.0. The molecule has 0 bridgehead atoms. The first-order valence-electron chi connectivity index (χ1n) is 7.83. The van der Waals surface area contributed by atoms with Crippen LogP contribution in [0.25, 0.3) is 0 Å². The van der Waals surface area contributed by atoms with Crippen LogP contribution in [0.15, 0.2) is 40.1 Å². The zero-order chi connectivity index (χ0) is 17.5. The monoisotopic (exact) mass is 521 g/mol. The number of nitrogens with one attached hydrogen (secondary N) is 1. The van der Waals surface area contributed by atoms with Crippen molar-refractivity contribution in [1.82, 2.24) is 19.8 Å². The normalized spacial score (nSPS) is 11.0. The van der Waals surface area contributed by atoms with E-state index in [2.05, 4.69) is 48.7 Å². The van der Waals surface area contributed by atoms with E-state index in [1.807, 2.05) is 32.4 Å². The molecule has 2 aromatic heterocycles. The highest BCUT2D eigenvalue weighted by atomic mass is 127. The first kappa shape index (κ1) is 21.8. The minimum Gasteiger partial charge on any atom is -0.481 e. The number of halogens is 2. The molecule has 2 heterocycles. The predicted octanol–water partition coefficient (Wildman–Crippen LogP) is 3.41. The number of rotatable bonds is 6. The lowest BCUT2D eigenvalue weighted by atomic mass is 10.3. The number of aryl methyl sites for hydroxylation is 1. The van der Waals surface area contributed by atoms with Crippen molar-refractivity contribution in [2.45, 2.75) is 20.0 Å². The summed E-state index contributed by atoms with van der Waals surface area (Å²) in [7, 11) is 5.70. The number of methoxy groups -OCH3 is 1. The number of guanidine groups is 1. The lowest BCUT2D eigenvalue weighted by molar-refractivity contribution is 0.392. The third-order valence-corrected chi connectivity index (χ3v) is 4.05. The molecule has 0 fully saturated rings. The summed E-state index contributed by atoms with van der Waals surface area (Å²) in [6.45, 7) is 4.15. The van der Waals surface area contributed by atoms with Gasteiger partial charge in [0.15, 0.2) is 5.96 Å². The van der Waals surface area contributed by atoms with Crippen molar-refractivity contribution in [2.24, 2.45) is 12.0 Å². The molecule has 0 unspecified atom stereocenters. The lowest BCUT2D eigenvalue weighted by Gasteiger charge is -2.22. The van der Waals surface area contributed by atoms with E-state index in [-0.39, 0.29) is 24.0 Å². The molecule has 0 aliphatic carbocycles. The summed E-state index contributed by atoms with van der Waals surface area (Å²) in [5.74, 6) is 1.46. The molecule has 0 aromatic carbocycles. The Hall–Kier alpha value is -1.29. The van der Waals surface area contributed by atoms with Crippen molar-refractivity contribution in [3.05, 3.63) is 46.3 Å². The topological polar surface area (TPSA) is 54.7 Å². The van der Waals surface area contributed by atoms with Gasteiger partial charge in [0.05, 0.1) is 20.2 Å². The molecule has 0 saturated carbocycles. The van der Waals surface area contributed by atoms with Crippen LogP contribution in [0.2, 0.25) is 0 Å². The molecule has 6 nitrogen and oxygen atoms in total. The van der Waals surface area contributed by atoms with Gasteiger partial charge in [-0.05, 0) is 35.0 Å². The van der Waals surface area contributed by atoms with Crippen LogP contribution in [-0.2, 0) is 20.1 Å². The number of aromatic nitrogens is 2. The van der Waals surface area contributed by atoms with E-state index in [0.717, 1.165) is 29.1 Å². The Labute approximate surface area is 174 Å². The Balaban J connectivity index is 0.00000312.